The van der Waals surface area contributed by atoms with Crippen LogP contribution in [0.15, 0.2) is 42.5 Å². The normalized spacial score (nSPS) is 10.6. The summed E-state index contributed by atoms with van der Waals surface area (Å²) in [6, 6.07) is 12.4. The molecule has 0 amide bonds. The zero-order valence-corrected chi connectivity index (χ0v) is 15.9. The monoisotopic (exact) mass is 390 g/mol. The van der Waals surface area contributed by atoms with Crippen LogP contribution < -0.4 is 16.4 Å². The van der Waals surface area contributed by atoms with Crippen LogP contribution in [0.25, 0.3) is 11.1 Å². The Labute approximate surface area is 162 Å². The van der Waals surface area contributed by atoms with Gasteiger partial charge in [0.05, 0.1) is 11.5 Å². The number of rotatable bonds is 8. The van der Waals surface area contributed by atoms with E-state index in [0.717, 1.165) is 11.1 Å². The van der Waals surface area contributed by atoms with Gasteiger partial charge in [-0.05, 0) is 35.0 Å². The van der Waals surface area contributed by atoms with Crippen LogP contribution >= 0.6 is 12.2 Å². The van der Waals surface area contributed by atoms with Gasteiger partial charge in [-0.1, -0.05) is 30.3 Å². The molecule has 8 nitrogen and oxygen atoms in total. The summed E-state index contributed by atoms with van der Waals surface area (Å²) in [5.41, 5.74) is 8.23. The molecule has 2 aromatic rings. The molecule has 27 heavy (non-hydrogen) atoms. The van der Waals surface area contributed by atoms with E-state index in [-0.39, 0.29) is 11.4 Å². The lowest BCUT2D eigenvalue weighted by molar-refractivity contribution is -0.383. The summed E-state index contributed by atoms with van der Waals surface area (Å²) in [7, 11) is 3.10. The van der Waals surface area contributed by atoms with Crippen LogP contribution in [-0.4, -0.2) is 37.1 Å². The molecule has 0 fully saturated rings. The maximum absolute atomic E-state index is 11.1. The molecule has 0 aliphatic heterocycles. The maximum atomic E-state index is 11.1. The lowest BCUT2D eigenvalue weighted by Gasteiger charge is -2.17. The Balaban J connectivity index is 2.11. The highest BCUT2D eigenvalue weighted by Crippen LogP contribution is 2.30. The van der Waals surface area contributed by atoms with Gasteiger partial charge in [0.2, 0.25) is 0 Å². The van der Waals surface area contributed by atoms with E-state index in [4.69, 9.17) is 27.4 Å². The third kappa shape index (κ3) is 5.61. The summed E-state index contributed by atoms with van der Waals surface area (Å²) in [4.78, 5) is 10.7. The molecule has 0 saturated heterocycles. The van der Waals surface area contributed by atoms with Gasteiger partial charge in [-0.15, -0.1) is 0 Å². The number of nitro groups is 1. The van der Waals surface area contributed by atoms with E-state index >= 15 is 0 Å². The molecular formula is C18H22N4O4S. The molecule has 0 aromatic heterocycles. The van der Waals surface area contributed by atoms with Crippen molar-refractivity contribution in [3.05, 3.63) is 58.1 Å². The van der Waals surface area contributed by atoms with Crippen LogP contribution in [-0.2, 0) is 16.0 Å². The summed E-state index contributed by atoms with van der Waals surface area (Å²) >= 11 is 5.26. The molecule has 0 radical (unpaired) electrons. The summed E-state index contributed by atoms with van der Waals surface area (Å²) in [5, 5.41) is 17.7. The first-order valence-corrected chi connectivity index (χ1v) is 8.56. The third-order valence-electron chi connectivity index (χ3n) is 3.95. The molecule has 144 valence electrons. The molecule has 0 atom stereocenters. The van der Waals surface area contributed by atoms with Crippen LogP contribution in [0.4, 0.5) is 11.4 Å². The minimum absolute atomic E-state index is 0.113. The summed E-state index contributed by atoms with van der Waals surface area (Å²) in [6.45, 7) is 0.857. The van der Waals surface area contributed by atoms with Crippen LogP contribution in [0.2, 0.25) is 0 Å². The molecule has 0 heterocycles. The summed E-state index contributed by atoms with van der Waals surface area (Å²) in [6.07, 6.45) is -0.396. The second-order valence-electron chi connectivity index (χ2n) is 5.65. The van der Waals surface area contributed by atoms with Crippen molar-refractivity contribution >= 4 is 28.7 Å². The van der Waals surface area contributed by atoms with Crippen LogP contribution in [0.5, 0.6) is 0 Å². The number of benzene rings is 2. The largest absolute Gasteiger partial charge is 0.393 e. The smallest absolute Gasteiger partial charge is 0.292 e. The van der Waals surface area contributed by atoms with Crippen LogP contribution in [0.1, 0.15) is 5.56 Å². The van der Waals surface area contributed by atoms with Crippen LogP contribution in [0, 0.1) is 10.1 Å². The SMILES string of the molecule is COC(CNC(=S)NCc1ccccc1-c1ccc(N)c([N+](=O)[O-])c1)OC. The molecule has 0 spiro atoms. The van der Waals surface area contributed by atoms with Crippen molar-refractivity contribution in [1.29, 1.82) is 0 Å². The number of nitro benzene ring substituents is 1. The Bertz CT molecular complexity index is 812. The van der Waals surface area contributed by atoms with Crippen molar-refractivity contribution < 1.29 is 14.4 Å². The average molecular weight is 390 g/mol. The van der Waals surface area contributed by atoms with Gasteiger partial charge in [-0.2, -0.15) is 0 Å². The number of ether oxygens (including phenoxy) is 2. The number of thiocarbonyl (C=S) groups is 1. The van der Waals surface area contributed by atoms with Crippen molar-refractivity contribution in [2.24, 2.45) is 0 Å². The zero-order valence-electron chi connectivity index (χ0n) is 15.1. The van der Waals surface area contributed by atoms with Gasteiger partial charge >= 0.3 is 0 Å². The van der Waals surface area contributed by atoms with Gasteiger partial charge in [0.1, 0.15) is 5.69 Å². The zero-order chi connectivity index (χ0) is 19.8. The van der Waals surface area contributed by atoms with Gasteiger partial charge < -0.3 is 25.8 Å². The quantitative estimate of drug-likeness (QED) is 0.207. The first-order chi connectivity index (χ1) is 13.0. The predicted octanol–water partition coefficient (Wildman–Crippen LogP) is 2.43. The van der Waals surface area contributed by atoms with E-state index < -0.39 is 11.2 Å². The van der Waals surface area contributed by atoms with Gasteiger partial charge in [0.25, 0.3) is 5.69 Å². The lowest BCUT2D eigenvalue weighted by atomic mass is 9.99. The first kappa shape index (κ1) is 20.6. The lowest BCUT2D eigenvalue weighted by Crippen LogP contribution is -2.40. The Kier molecular flexibility index (Phi) is 7.47. The van der Waals surface area contributed by atoms with Crippen molar-refractivity contribution in [3.8, 4) is 11.1 Å². The molecule has 0 saturated carbocycles. The highest BCUT2D eigenvalue weighted by molar-refractivity contribution is 7.80. The van der Waals surface area contributed by atoms with Gasteiger partial charge in [0, 0.05) is 26.8 Å². The number of anilines is 1. The van der Waals surface area contributed by atoms with Gasteiger partial charge in [0.15, 0.2) is 11.4 Å². The highest BCUT2D eigenvalue weighted by atomic mass is 32.1. The van der Waals surface area contributed by atoms with E-state index in [9.17, 15) is 10.1 Å². The van der Waals surface area contributed by atoms with E-state index in [2.05, 4.69) is 10.6 Å². The molecule has 0 aliphatic rings. The Morgan fingerprint density at radius 3 is 2.59 bits per heavy atom. The maximum Gasteiger partial charge on any atom is 0.292 e. The Morgan fingerprint density at radius 1 is 1.22 bits per heavy atom. The fraction of sp³-hybridized carbons (Fsp3) is 0.278. The molecule has 2 rings (SSSR count). The number of nitrogen functional groups attached to an aromatic ring is 1. The van der Waals surface area contributed by atoms with Crippen LogP contribution in [0.3, 0.4) is 0 Å². The predicted molar refractivity (Wildman–Crippen MR) is 108 cm³/mol. The second kappa shape index (κ2) is 9.81. The Hall–Kier alpha value is -2.75. The standard InChI is InChI=1S/C18H22N4O4S/c1-25-17(26-2)11-21-18(27)20-10-13-5-3-4-6-14(13)12-7-8-15(19)16(9-12)22(23)24/h3-9,17H,10-11,19H2,1-2H3,(H2,20,21,27). The topological polar surface area (TPSA) is 112 Å². The minimum atomic E-state index is -0.485. The summed E-state index contributed by atoms with van der Waals surface area (Å²) in [5.74, 6) is 0. The van der Waals surface area contributed by atoms with Gasteiger partial charge in [-0.3, -0.25) is 10.1 Å². The number of methoxy groups -OCH3 is 2. The summed E-state index contributed by atoms with van der Waals surface area (Å²) < 4.78 is 10.2. The molecule has 0 bridgehead atoms. The number of nitrogens with one attached hydrogen (secondary N) is 2. The van der Waals surface area contributed by atoms with E-state index in [1.165, 1.54) is 6.07 Å². The number of hydrogen-bond donors (Lipinski definition) is 3. The van der Waals surface area contributed by atoms with Gasteiger partial charge in [-0.25, -0.2) is 0 Å². The van der Waals surface area contributed by atoms with Crippen molar-refractivity contribution in [2.75, 3.05) is 26.5 Å². The minimum Gasteiger partial charge on any atom is -0.393 e. The average Bonchev–Trinajstić information content (AvgIpc) is 2.67. The fourth-order valence-corrected chi connectivity index (χ4v) is 2.66. The number of nitrogens with two attached hydrogens (primary N) is 1. The van der Waals surface area contributed by atoms with E-state index in [0.29, 0.717) is 23.8 Å². The number of hydrogen-bond acceptors (Lipinski definition) is 6. The van der Waals surface area contributed by atoms with Crippen molar-refractivity contribution in [2.45, 2.75) is 12.8 Å². The number of nitrogens with zero attached hydrogens (tertiary/aromatic N) is 1. The van der Waals surface area contributed by atoms with E-state index in [1.807, 2.05) is 24.3 Å². The molecule has 2 aromatic carbocycles. The molecule has 0 aliphatic carbocycles. The highest BCUT2D eigenvalue weighted by Gasteiger charge is 2.14. The molecule has 9 heteroatoms. The first-order valence-electron chi connectivity index (χ1n) is 8.15. The fourth-order valence-electron chi connectivity index (χ4n) is 2.50. The Morgan fingerprint density at radius 2 is 1.93 bits per heavy atom. The second-order valence-corrected chi connectivity index (χ2v) is 6.06. The van der Waals surface area contributed by atoms with E-state index in [1.54, 1.807) is 26.4 Å². The molecule has 4 N–H and O–H groups in total. The third-order valence-corrected chi connectivity index (χ3v) is 4.24. The van der Waals surface area contributed by atoms with Crippen molar-refractivity contribution in [3.63, 3.8) is 0 Å². The van der Waals surface area contributed by atoms with Crippen molar-refractivity contribution in [1.82, 2.24) is 10.6 Å². The molecular weight excluding hydrogens is 368 g/mol. The molecule has 0 unspecified atom stereocenters.